The van der Waals surface area contributed by atoms with Gasteiger partial charge in [-0.05, 0) is 42.3 Å². The molecular formula is C30H27N3O5. The standard InChI is InChI=1S/C30H27N3O5/c1-2-36-24-10-6-4-8-20(24)29-28-21(19-7-3-5-9-22(19)31-28)14-23-30(35)32(16-27(34)33(23)29)15-18-11-12-25-26(13-18)38-17-37-25/h3-13,23,29,31H,2,14-17H2,1H3/t23-,29+/m0/s1. The maximum absolute atomic E-state index is 14.0. The summed E-state index contributed by atoms with van der Waals surface area (Å²) in [6, 6.07) is 20.5. The molecule has 2 atom stereocenters. The van der Waals surface area contributed by atoms with Crippen LogP contribution in [0.5, 0.6) is 17.2 Å². The van der Waals surface area contributed by atoms with Gasteiger partial charge in [0.1, 0.15) is 24.4 Å². The highest BCUT2D eigenvalue weighted by Crippen LogP contribution is 2.45. The Bertz CT molecular complexity index is 1580. The highest BCUT2D eigenvalue weighted by atomic mass is 16.7. The molecule has 3 aromatic carbocycles. The molecule has 38 heavy (non-hydrogen) atoms. The van der Waals surface area contributed by atoms with E-state index in [1.807, 2.05) is 67.6 Å². The minimum atomic E-state index is -0.614. The number of nitrogens with one attached hydrogen (secondary N) is 1. The van der Waals surface area contributed by atoms with Crippen molar-refractivity contribution in [3.63, 3.8) is 0 Å². The molecule has 7 rings (SSSR count). The van der Waals surface area contributed by atoms with Crippen LogP contribution < -0.4 is 14.2 Å². The summed E-state index contributed by atoms with van der Waals surface area (Å²) in [5, 5.41) is 1.08. The molecule has 3 aliphatic rings. The van der Waals surface area contributed by atoms with Crippen LogP contribution in [-0.4, -0.2) is 52.6 Å². The van der Waals surface area contributed by atoms with E-state index in [1.54, 1.807) is 9.80 Å². The number of benzene rings is 3. The summed E-state index contributed by atoms with van der Waals surface area (Å²) in [4.78, 5) is 34.9. The third kappa shape index (κ3) is 3.51. The first kappa shape index (κ1) is 22.7. The molecule has 4 aromatic rings. The summed E-state index contributed by atoms with van der Waals surface area (Å²) in [5.41, 5.74) is 4.78. The molecule has 0 radical (unpaired) electrons. The van der Waals surface area contributed by atoms with Gasteiger partial charge in [0, 0.05) is 35.1 Å². The Morgan fingerprint density at radius 2 is 1.82 bits per heavy atom. The van der Waals surface area contributed by atoms with Gasteiger partial charge < -0.3 is 29.0 Å². The van der Waals surface area contributed by atoms with Gasteiger partial charge in [0.05, 0.1) is 6.61 Å². The van der Waals surface area contributed by atoms with Crippen LogP contribution in [0, 0.1) is 0 Å². The van der Waals surface area contributed by atoms with Gasteiger partial charge in [-0.2, -0.15) is 0 Å². The largest absolute Gasteiger partial charge is 0.494 e. The molecule has 8 heteroatoms. The third-order valence-corrected chi connectivity index (χ3v) is 7.67. The molecule has 4 heterocycles. The van der Waals surface area contributed by atoms with E-state index >= 15 is 0 Å². The van der Waals surface area contributed by atoms with Crippen LogP contribution >= 0.6 is 0 Å². The fourth-order valence-electron chi connectivity index (χ4n) is 6.03. The number of amides is 2. The zero-order valence-electron chi connectivity index (χ0n) is 21.0. The number of aromatic nitrogens is 1. The summed E-state index contributed by atoms with van der Waals surface area (Å²) in [5.74, 6) is 1.92. The maximum atomic E-state index is 14.0. The van der Waals surface area contributed by atoms with Crippen molar-refractivity contribution in [2.75, 3.05) is 19.9 Å². The van der Waals surface area contributed by atoms with Gasteiger partial charge in [-0.15, -0.1) is 0 Å². The molecule has 1 N–H and O–H groups in total. The highest BCUT2D eigenvalue weighted by molar-refractivity contribution is 5.97. The number of nitrogens with zero attached hydrogens (tertiary/aromatic N) is 2. The molecule has 192 valence electrons. The van der Waals surface area contributed by atoms with Gasteiger partial charge >= 0.3 is 0 Å². The lowest BCUT2D eigenvalue weighted by molar-refractivity contribution is -0.159. The van der Waals surface area contributed by atoms with Crippen molar-refractivity contribution in [1.29, 1.82) is 0 Å². The average Bonchev–Trinajstić information content (AvgIpc) is 3.55. The minimum Gasteiger partial charge on any atom is -0.494 e. The lowest BCUT2D eigenvalue weighted by Gasteiger charge is -2.47. The molecule has 0 spiro atoms. The number of carbonyl (C=O) groups excluding carboxylic acids is 2. The summed E-state index contributed by atoms with van der Waals surface area (Å²) in [6.45, 7) is 2.97. The van der Waals surface area contributed by atoms with Crippen molar-refractivity contribution < 1.29 is 23.8 Å². The molecule has 0 unspecified atom stereocenters. The minimum absolute atomic E-state index is 0.00659. The van der Waals surface area contributed by atoms with Gasteiger partial charge in [-0.3, -0.25) is 9.59 Å². The van der Waals surface area contributed by atoms with Crippen LogP contribution in [0.4, 0.5) is 0 Å². The normalized spacial score (nSPS) is 20.0. The summed E-state index contributed by atoms with van der Waals surface area (Å²) in [6.07, 6.45) is 0.453. The van der Waals surface area contributed by atoms with E-state index in [0.717, 1.165) is 33.3 Å². The van der Waals surface area contributed by atoms with Crippen LogP contribution in [-0.2, 0) is 22.6 Å². The van der Waals surface area contributed by atoms with Crippen LogP contribution in [0.15, 0.2) is 66.7 Å². The number of ether oxygens (including phenoxy) is 3. The molecule has 3 aliphatic heterocycles. The first-order valence-corrected chi connectivity index (χ1v) is 12.9. The number of hydrogen-bond acceptors (Lipinski definition) is 5. The van der Waals surface area contributed by atoms with E-state index in [4.69, 9.17) is 14.2 Å². The number of fused-ring (bicyclic) bond motifs is 5. The van der Waals surface area contributed by atoms with E-state index < -0.39 is 12.1 Å². The number of rotatable bonds is 5. The van der Waals surface area contributed by atoms with Crippen molar-refractivity contribution in [1.82, 2.24) is 14.8 Å². The van der Waals surface area contributed by atoms with Crippen LogP contribution in [0.1, 0.15) is 35.3 Å². The Balaban J connectivity index is 1.31. The van der Waals surface area contributed by atoms with Gasteiger partial charge in [-0.1, -0.05) is 42.5 Å². The number of piperazine rings is 1. The molecule has 2 amide bonds. The molecular weight excluding hydrogens is 482 g/mol. The smallest absolute Gasteiger partial charge is 0.246 e. The van der Waals surface area contributed by atoms with E-state index in [0.29, 0.717) is 36.8 Å². The van der Waals surface area contributed by atoms with Gasteiger partial charge in [-0.25, -0.2) is 0 Å². The second-order valence-corrected chi connectivity index (χ2v) is 9.84. The van der Waals surface area contributed by atoms with Crippen molar-refractivity contribution >= 4 is 22.7 Å². The number of hydrogen-bond donors (Lipinski definition) is 1. The van der Waals surface area contributed by atoms with E-state index in [9.17, 15) is 9.59 Å². The monoisotopic (exact) mass is 509 g/mol. The SMILES string of the molecule is CCOc1ccccc1[C@@H]1c2[nH]c3ccccc3c2C[C@H]2C(=O)N(Cc3ccc4c(c3)OCO4)CC(=O)N12. The van der Waals surface area contributed by atoms with Crippen LogP contribution in [0.25, 0.3) is 10.9 Å². The predicted octanol–water partition coefficient (Wildman–Crippen LogP) is 4.18. The molecule has 1 saturated heterocycles. The maximum Gasteiger partial charge on any atom is 0.246 e. The number of aromatic amines is 1. The van der Waals surface area contributed by atoms with E-state index in [-0.39, 0.29) is 25.2 Å². The Kier molecular flexibility index (Phi) is 5.28. The molecule has 0 saturated carbocycles. The first-order valence-electron chi connectivity index (χ1n) is 12.9. The Hall–Kier alpha value is -4.46. The Morgan fingerprint density at radius 1 is 1.00 bits per heavy atom. The first-order chi connectivity index (χ1) is 18.6. The van der Waals surface area contributed by atoms with Crippen molar-refractivity contribution in [3.8, 4) is 17.2 Å². The van der Waals surface area contributed by atoms with Crippen LogP contribution in [0.3, 0.4) is 0 Å². The lowest BCUT2D eigenvalue weighted by Crippen LogP contribution is -2.62. The fraction of sp³-hybridized carbons (Fsp3) is 0.267. The van der Waals surface area contributed by atoms with E-state index in [1.165, 1.54) is 0 Å². The Labute approximate surface area is 219 Å². The fourth-order valence-corrected chi connectivity index (χ4v) is 6.03. The zero-order chi connectivity index (χ0) is 25.8. The molecule has 8 nitrogen and oxygen atoms in total. The van der Waals surface area contributed by atoms with Gasteiger partial charge in [0.2, 0.25) is 18.6 Å². The quantitative estimate of drug-likeness (QED) is 0.436. The number of carbonyl (C=O) groups is 2. The molecule has 1 aromatic heterocycles. The topological polar surface area (TPSA) is 84.1 Å². The molecule has 0 bridgehead atoms. The number of para-hydroxylation sites is 2. The van der Waals surface area contributed by atoms with Crippen molar-refractivity contribution in [2.24, 2.45) is 0 Å². The van der Waals surface area contributed by atoms with Crippen molar-refractivity contribution in [3.05, 3.63) is 89.1 Å². The molecule has 0 aliphatic carbocycles. The highest BCUT2D eigenvalue weighted by Gasteiger charge is 2.48. The van der Waals surface area contributed by atoms with Gasteiger partial charge in [0.15, 0.2) is 11.5 Å². The zero-order valence-corrected chi connectivity index (χ0v) is 21.0. The summed E-state index contributed by atoms with van der Waals surface area (Å²) >= 11 is 0. The molecule has 1 fully saturated rings. The van der Waals surface area contributed by atoms with Crippen LogP contribution in [0.2, 0.25) is 0 Å². The number of H-pyrrole nitrogens is 1. The Morgan fingerprint density at radius 3 is 2.71 bits per heavy atom. The second kappa shape index (κ2) is 8.83. The lowest BCUT2D eigenvalue weighted by atomic mass is 9.85. The predicted molar refractivity (Wildman–Crippen MR) is 140 cm³/mol. The average molecular weight is 510 g/mol. The van der Waals surface area contributed by atoms with Gasteiger partial charge in [0.25, 0.3) is 0 Å². The summed E-state index contributed by atoms with van der Waals surface area (Å²) in [7, 11) is 0. The van der Waals surface area contributed by atoms with Crippen molar-refractivity contribution in [2.45, 2.75) is 32.0 Å². The van der Waals surface area contributed by atoms with E-state index in [2.05, 4.69) is 11.1 Å². The second-order valence-electron chi connectivity index (χ2n) is 9.84. The third-order valence-electron chi connectivity index (χ3n) is 7.67. The summed E-state index contributed by atoms with van der Waals surface area (Å²) < 4.78 is 16.9.